The van der Waals surface area contributed by atoms with Crippen LogP contribution in [0.2, 0.25) is 5.02 Å². The van der Waals surface area contributed by atoms with Crippen LogP contribution in [0.5, 0.6) is 0 Å². The fraction of sp³-hybridized carbons (Fsp3) is 0.200. The number of halogens is 2. The SMILES string of the molecule is Cc1ccc(C)c(CNc2ccc(Br)cc2Cl)c1. The Morgan fingerprint density at radius 3 is 2.61 bits per heavy atom. The predicted molar refractivity (Wildman–Crippen MR) is 82.4 cm³/mol. The molecule has 0 saturated carbocycles. The first-order valence-corrected chi connectivity index (χ1v) is 6.98. The van der Waals surface area contributed by atoms with Crippen LogP contribution < -0.4 is 5.32 Å². The van der Waals surface area contributed by atoms with Crippen LogP contribution >= 0.6 is 27.5 Å². The van der Waals surface area contributed by atoms with E-state index in [-0.39, 0.29) is 0 Å². The zero-order valence-electron chi connectivity index (χ0n) is 10.4. The van der Waals surface area contributed by atoms with Crippen molar-refractivity contribution in [1.29, 1.82) is 0 Å². The molecule has 1 N–H and O–H groups in total. The van der Waals surface area contributed by atoms with Crippen LogP contribution in [0.3, 0.4) is 0 Å². The van der Waals surface area contributed by atoms with Crippen molar-refractivity contribution in [3.05, 3.63) is 62.6 Å². The lowest BCUT2D eigenvalue weighted by Crippen LogP contribution is -2.02. The second-order valence-electron chi connectivity index (χ2n) is 4.41. The zero-order chi connectivity index (χ0) is 13.1. The van der Waals surface area contributed by atoms with E-state index in [1.165, 1.54) is 16.7 Å². The molecule has 0 amide bonds. The highest BCUT2D eigenvalue weighted by molar-refractivity contribution is 9.10. The van der Waals surface area contributed by atoms with E-state index >= 15 is 0 Å². The van der Waals surface area contributed by atoms with Crippen molar-refractivity contribution in [1.82, 2.24) is 0 Å². The van der Waals surface area contributed by atoms with E-state index in [2.05, 4.69) is 53.3 Å². The van der Waals surface area contributed by atoms with Crippen molar-refractivity contribution in [2.24, 2.45) is 0 Å². The Bertz CT molecular complexity index is 566. The van der Waals surface area contributed by atoms with Gasteiger partial charge >= 0.3 is 0 Å². The van der Waals surface area contributed by atoms with Gasteiger partial charge in [-0.25, -0.2) is 0 Å². The van der Waals surface area contributed by atoms with E-state index in [0.29, 0.717) is 0 Å². The first kappa shape index (κ1) is 13.4. The Labute approximate surface area is 121 Å². The highest BCUT2D eigenvalue weighted by Gasteiger charge is 2.02. The fourth-order valence-corrected chi connectivity index (χ4v) is 2.55. The van der Waals surface area contributed by atoms with E-state index in [0.717, 1.165) is 21.7 Å². The molecule has 0 unspecified atom stereocenters. The molecule has 3 heteroatoms. The summed E-state index contributed by atoms with van der Waals surface area (Å²) in [5.41, 5.74) is 4.83. The van der Waals surface area contributed by atoms with Gasteiger partial charge in [0.15, 0.2) is 0 Å². The normalized spacial score (nSPS) is 10.4. The number of aryl methyl sites for hydroxylation is 2. The zero-order valence-corrected chi connectivity index (χ0v) is 12.8. The number of rotatable bonds is 3. The number of hydrogen-bond acceptors (Lipinski definition) is 1. The smallest absolute Gasteiger partial charge is 0.0648 e. The molecule has 2 aromatic rings. The molecule has 2 aromatic carbocycles. The first-order chi connectivity index (χ1) is 8.56. The molecule has 1 nitrogen and oxygen atoms in total. The lowest BCUT2D eigenvalue weighted by molar-refractivity contribution is 1.11. The molecule has 18 heavy (non-hydrogen) atoms. The maximum absolute atomic E-state index is 6.17. The van der Waals surface area contributed by atoms with Crippen LogP contribution in [0.1, 0.15) is 16.7 Å². The highest BCUT2D eigenvalue weighted by atomic mass is 79.9. The molecule has 0 aliphatic rings. The Balaban J connectivity index is 2.13. The third-order valence-corrected chi connectivity index (χ3v) is 3.71. The van der Waals surface area contributed by atoms with E-state index in [1.54, 1.807) is 0 Å². The van der Waals surface area contributed by atoms with Crippen molar-refractivity contribution in [3.8, 4) is 0 Å². The van der Waals surface area contributed by atoms with Gasteiger partial charge < -0.3 is 5.32 Å². The molecule has 0 aliphatic carbocycles. The van der Waals surface area contributed by atoms with Gasteiger partial charge in [0.2, 0.25) is 0 Å². The van der Waals surface area contributed by atoms with E-state index in [4.69, 9.17) is 11.6 Å². The molecule has 0 saturated heterocycles. The Hall–Kier alpha value is -0.990. The molecular weight excluding hydrogens is 310 g/mol. The largest absolute Gasteiger partial charge is 0.380 e. The number of nitrogens with one attached hydrogen (secondary N) is 1. The van der Waals surface area contributed by atoms with Crippen LogP contribution in [0, 0.1) is 13.8 Å². The standard InChI is InChI=1S/C15H15BrClN/c1-10-3-4-11(2)12(7-10)9-18-15-6-5-13(16)8-14(15)17/h3-8,18H,9H2,1-2H3. The molecule has 94 valence electrons. The molecule has 0 aliphatic heterocycles. The van der Waals surface area contributed by atoms with Crippen LogP contribution in [-0.4, -0.2) is 0 Å². The maximum Gasteiger partial charge on any atom is 0.0648 e. The molecule has 0 aromatic heterocycles. The minimum Gasteiger partial charge on any atom is -0.380 e. The molecule has 0 spiro atoms. The summed E-state index contributed by atoms with van der Waals surface area (Å²) in [5, 5.41) is 4.10. The van der Waals surface area contributed by atoms with Crippen molar-refractivity contribution < 1.29 is 0 Å². The summed E-state index contributed by atoms with van der Waals surface area (Å²) >= 11 is 9.58. The third-order valence-electron chi connectivity index (χ3n) is 2.91. The monoisotopic (exact) mass is 323 g/mol. The van der Waals surface area contributed by atoms with E-state index < -0.39 is 0 Å². The minimum atomic E-state index is 0.731. The van der Waals surface area contributed by atoms with Crippen molar-refractivity contribution >= 4 is 33.2 Å². The van der Waals surface area contributed by atoms with Gasteiger partial charge in [-0.2, -0.15) is 0 Å². The number of hydrogen-bond donors (Lipinski definition) is 1. The molecular formula is C15H15BrClN. The molecule has 0 fully saturated rings. The first-order valence-electron chi connectivity index (χ1n) is 5.81. The van der Waals surface area contributed by atoms with Crippen molar-refractivity contribution in [2.75, 3.05) is 5.32 Å². The average molecular weight is 325 g/mol. The van der Waals surface area contributed by atoms with Gasteiger partial charge in [0.25, 0.3) is 0 Å². The minimum absolute atomic E-state index is 0.731. The lowest BCUT2D eigenvalue weighted by Gasteiger charge is -2.11. The quantitative estimate of drug-likeness (QED) is 0.804. The summed E-state index contributed by atoms with van der Waals surface area (Å²) in [6.45, 7) is 5.02. The van der Waals surface area contributed by atoms with Gasteiger partial charge in [-0.1, -0.05) is 51.3 Å². The topological polar surface area (TPSA) is 12.0 Å². The van der Waals surface area contributed by atoms with E-state index in [1.807, 2.05) is 18.2 Å². The maximum atomic E-state index is 6.17. The van der Waals surface area contributed by atoms with Gasteiger partial charge in [-0.15, -0.1) is 0 Å². The summed E-state index contributed by atoms with van der Waals surface area (Å²) < 4.78 is 0.991. The van der Waals surface area contributed by atoms with Crippen LogP contribution in [-0.2, 0) is 6.54 Å². The summed E-state index contributed by atoms with van der Waals surface area (Å²) in [4.78, 5) is 0. The molecule has 0 heterocycles. The second kappa shape index (κ2) is 5.77. The second-order valence-corrected chi connectivity index (χ2v) is 5.73. The van der Waals surface area contributed by atoms with Crippen LogP contribution in [0.15, 0.2) is 40.9 Å². The van der Waals surface area contributed by atoms with Crippen molar-refractivity contribution in [2.45, 2.75) is 20.4 Å². The Morgan fingerprint density at radius 2 is 1.89 bits per heavy atom. The van der Waals surface area contributed by atoms with Crippen molar-refractivity contribution in [3.63, 3.8) is 0 Å². The number of benzene rings is 2. The summed E-state index contributed by atoms with van der Waals surface area (Å²) in [6, 6.07) is 12.3. The summed E-state index contributed by atoms with van der Waals surface area (Å²) in [7, 11) is 0. The van der Waals surface area contributed by atoms with Gasteiger partial charge in [0, 0.05) is 11.0 Å². The Kier molecular flexibility index (Phi) is 4.31. The number of anilines is 1. The molecule has 0 bridgehead atoms. The van der Waals surface area contributed by atoms with Crippen LogP contribution in [0.4, 0.5) is 5.69 Å². The fourth-order valence-electron chi connectivity index (χ4n) is 1.81. The lowest BCUT2D eigenvalue weighted by atomic mass is 10.1. The predicted octanol–water partition coefficient (Wildman–Crippen LogP) is 5.33. The van der Waals surface area contributed by atoms with Gasteiger partial charge in [-0.3, -0.25) is 0 Å². The van der Waals surface area contributed by atoms with Gasteiger partial charge in [-0.05, 0) is 43.2 Å². The van der Waals surface area contributed by atoms with Crippen LogP contribution in [0.25, 0.3) is 0 Å². The molecule has 0 atom stereocenters. The van der Waals surface area contributed by atoms with Gasteiger partial charge in [0.05, 0.1) is 10.7 Å². The third kappa shape index (κ3) is 3.27. The summed E-state index contributed by atoms with van der Waals surface area (Å²) in [6.07, 6.45) is 0. The summed E-state index contributed by atoms with van der Waals surface area (Å²) in [5.74, 6) is 0. The molecule has 0 radical (unpaired) electrons. The highest BCUT2D eigenvalue weighted by Crippen LogP contribution is 2.26. The van der Waals surface area contributed by atoms with E-state index in [9.17, 15) is 0 Å². The molecule has 2 rings (SSSR count). The Morgan fingerprint density at radius 1 is 1.11 bits per heavy atom. The van der Waals surface area contributed by atoms with Gasteiger partial charge in [0.1, 0.15) is 0 Å². The average Bonchev–Trinajstić information content (AvgIpc) is 2.32.